The van der Waals surface area contributed by atoms with Crippen LogP contribution in [0, 0.1) is 24.7 Å². The smallest absolute Gasteiger partial charge is 0.222 e. The molecule has 5 heteroatoms. The number of carbonyl (C=O) groups is 1. The van der Waals surface area contributed by atoms with Crippen molar-refractivity contribution < 1.29 is 4.79 Å². The molecule has 3 heterocycles. The highest BCUT2D eigenvalue weighted by Crippen LogP contribution is 2.28. The third-order valence-electron chi connectivity index (χ3n) is 7.44. The predicted molar refractivity (Wildman–Crippen MR) is 140 cm³/mol. The zero-order valence-electron chi connectivity index (χ0n) is 22.3. The minimum Gasteiger partial charge on any atom is -0.386 e. The quantitative estimate of drug-likeness (QED) is 0.527. The third-order valence-corrected chi connectivity index (χ3v) is 7.44. The van der Waals surface area contributed by atoms with E-state index >= 15 is 0 Å². The van der Waals surface area contributed by atoms with Crippen LogP contribution in [0.1, 0.15) is 98.2 Å². The number of piperidine rings is 1. The summed E-state index contributed by atoms with van der Waals surface area (Å²) in [4.78, 5) is 19.9. The summed E-state index contributed by atoms with van der Waals surface area (Å²) in [6.45, 7) is 16.7. The highest BCUT2D eigenvalue weighted by molar-refractivity contribution is 5.76. The number of rotatable bonds is 11. The second kappa shape index (κ2) is 14.5. The van der Waals surface area contributed by atoms with Gasteiger partial charge in [-0.25, -0.2) is 4.98 Å². The molecule has 1 fully saturated rings. The molecule has 0 saturated carbocycles. The van der Waals surface area contributed by atoms with Gasteiger partial charge in [-0.05, 0) is 43.6 Å². The van der Waals surface area contributed by atoms with Crippen molar-refractivity contribution in [3.8, 4) is 0 Å². The van der Waals surface area contributed by atoms with Crippen LogP contribution in [0.3, 0.4) is 0 Å². The highest BCUT2D eigenvalue weighted by Gasteiger charge is 2.26. The van der Waals surface area contributed by atoms with Gasteiger partial charge in [0.05, 0.1) is 5.35 Å². The topological polar surface area (TPSA) is 50.2 Å². The number of unbranched alkanes of at least 4 members (excludes halogenated alkanes) is 2. The van der Waals surface area contributed by atoms with Crippen LogP contribution in [0.15, 0.2) is 0 Å². The SMILES string of the molecule is CC.CCCCC(CCCC)C(C)CC(=O)N1CCC(Cn2c(C)nc3c2=CCNC=3)CC1. The van der Waals surface area contributed by atoms with Crippen molar-refractivity contribution in [3.63, 3.8) is 0 Å². The molecule has 0 radical (unpaired) electrons. The van der Waals surface area contributed by atoms with Crippen molar-refractivity contribution in [2.45, 2.75) is 106 Å². The Bertz CT molecular complexity index is 812. The first-order chi connectivity index (χ1) is 16.0. The number of carbonyl (C=O) groups excluding carboxylic acids is 1. The van der Waals surface area contributed by atoms with Gasteiger partial charge >= 0.3 is 0 Å². The van der Waals surface area contributed by atoms with E-state index in [2.05, 4.69) is 48.6 Å². The molecule has 1 aromatic rings. The Morgan fingerprint density at radius 2 is 1.79 bits per heavy atom. The van der Waals surface area contributed by atoms with Crippen LogP contribution in [-0.4, -0.2) is 40.0 Å². The number of hydrogen-bond acceptors (Lipinski definition) is 3. The summed E-state index contributed by atoms with van der Waals surface area (Å²) in [6.07, 6.45) is 14.9. The Labute approximate surface area is 202 Å². The number of hydrogen-bond donors (Lipinski definition) is 1. The van der Waals surface area contributed by atoms with Gasteiger partial charge in [-0.2, -0.15) is 0 Å². The van der Waals surface area contributed by atoms with Crippen LogP contribution in [-0.2, 0) is 11.3 Å². The van der Waals surface area contributed by atoms with Crippen LogP contribution < -0.4 is 16.0 Å². The molecular formula is C28H50N4O. The van der Waals surface area contributed by atoms with Gasteiger partial charge in [0.2, 0.25) is 5.91 Å². The van der Waals surface area contributed by atoms with E-state index in [9.17, 15) is 4.79 Å². The first-order valence-electron chi connectivity index (χ1n) is 13.8. The van der Waals surface area contributed by atoms with Crippen molar-refractivity contribution >= 4 is 18.2 Å². The molecule has 2 aliphatic heterocycles. The average molecular weight is 459 g/mol. The summed E-state index contributed by atoms with van der Waals surface area (Å²) in [7, 11) is 0. The van der Waals surface area contributed by atoms with Gasteiger partial charge in [0.15, 0.2) is 0 Å². The van der Waals surface area contributed by atoms with E-state index < -0.39 is 0 Å². The van der Waals surface area contributed by atoms with Crippen molar-refractivity contribution in [2.24, 2.45) is 17.8 Å². The molecule has 5 nitrogen and oxygen atoms in total. The monoisotopic (exact) mass is 458 g/mol. The van der Waals surface area contributed by atoms with Crippen LogP contribution >= 0.6 is 0 Å². The van der Waals surface area contributed by atoms with E-state index in [1.807, 2.05) is 20.0 Å². The van der Waals surface area contributed by atoms with Crippen molar-refractivity contribution in [1.29, 1.82) is 0 Å². The van der Waals surface area contributed by atoms with Crippen molar-refractivity contribution in [3.05, 3.63) is 16.5 Å². The summed E-state index contributed by atoms with van der Waals surface area (Å²) in [5, 5.41) is 5.57. The van der Waals surface area contributed by atoms with E-state index in [0.717, 1.165) is 56.6 Å². The fourth-order valence-electron chi connectivity index (χ4n) is 5.31. The van der Waals surface area contributed by atoms with Crippen LogP contribution in [0.2, 0.25) is 0 Å². The Hall–Kier alpha value is -1.78. The van der Waals surface area contributed by atoms with Crippen LogP contribution in [0.5, 0.6) is 0 Å². The second-order valence-electron chi connectivity index (χ2n) is 9.85. The number of amides is 1. The van der Waals surface area contributed by atoms with Gasteiger partial charge in [-0.1, -0.05) is 73.1 Å². The Morgan fingerprint density at radius 3 is 2.39 bits per heavy atom. The number of aromatic nitrogens is 2. The molecule has 0 spiro atoms. The lowest BCUT2D eigenvalue weighted by molar-refractivity contribution is -0.134. The molecule has 2 aliphatic rings. The molecule has 1 amide bonds. The van der Waals surface area contributed by atoms with E-state index in [1.54, 1.807) is 0 Å². The van der Waals surface area contributed by atoms with Gasteiger partial charge in [0, 0.05) is 38.8 Å². The Morgan fingerprint density at radius 1 is 1.15 bits per heavy atom. The van der Waals surface area contributed by atoms with Crippen LogP contribution in [0.4, 0.5) is 0 Å². The maximum absolute atomic E-state index is 13.0. The summed E-state index contributed by atoms with van der Waals surface area (Å²) in [6, 6.07) is 0. The van der Waals surface area contributed by atoms with Gasteiger partial charge < -0.3 is 14.8 Å². The van der Waals surface area contributed by atoms with E-state index in [0.29, 0.717) is 23.7 Å². The van der Waals surface area contributed by atoms with Crippen molar-refractivity contribution in [2.75, 3.05) is 19.6 Å². The summed E-state index contributed by atoms with van der Waals surface area (Å²) >= 11 is 0. The molecule has 1 aromatic heterocycles. The number of fused-ring (bicyclic) bond motifs is 1. The van der Waals surface area contributed by atoms with Gasteiger partial charge in [-0.15, -0.1) is 0 Å². The normalized spacial score (nSPS) is 16.8. The number of nitrogens with one attached hydrogen (secondary N) is 1. The van der Waals surface area contributed by atoms with Gasteiger partial charge in [0.25, 0.3) is 0 Å². The molecule has 1 unspecified atom stereocenters. The van der Waals surface area contributed by atoms with E-state index in [1.165, 1.54) is 43.9 Å². The van der Waals surface area contributed by atoms with Crippen molar-refractivity contribution in [1.82, 2.24) is 19.8 Å². The zero-order chi connectivity index (χ0) is 24.2. The second-order valence-corrected chi connectivity index (χ2v) is 9.85. The van der Waals surface area contributed by atoms with E-state index in [-0.39, 0.29) is 0 Å². The molecule has 0 bridgehead atoms. The molecule has 1 saturated heterocycles. The molecule has 3 rings (SSSR count). The third kappa shape index (κ3) is 7.89. The standard InChI is InChI=1S/C26H44N4O.C2H6/c1-5-7-9-23(10-8-6-2)20(3)17-26(31)29-15-12-22(13-16-29)19-30-21(4)28-24-18-27-14-11-25(24)30;1-2/h11,18,20,22-23,27H,5-10,12-17,19H2,1-4H3;1-2H3. The first-order valence-corrected chi connectivity index (χ1v) is 13.8. The zero-order valence-corrected chi connectivity index (χ0v) is 22.3. The lowest BCUT2D eigenvalue weighted by atomic mass is 9.83. The number of aryl methyl sites for hydroxylation is 1. The molecule has 1 atom stereocenters. The summed E-state index contributed by atoms with van der Waals surface area (Å²) in [5.41, 5.74) is 0. The van der Waals surface area contributed by atoms with Crippen LogP contribution in [0.25, 0.3) is 12.3 Å². The van der Waals surface area contributed by atoms with E-state index in [4.69, 9.17) is 4.98 Å². The summed E-state index contributed by atoms with van der Waals surface area (Å²) < 4.78 is 2.38. The fraction of sp³-hybridized carbons (Fsp3) is 0.786. The fourth-order valence-corrected chi connectivity index (χ4v) is 5.31. The average Bonchev–Trinajstić information content (AvgIpc) is 3.15. The number of imidazole rings is 1. The molecule has 0 aliphatic carbocycles. The molecule has 1 N–H and O–H groups in total. The molecule has 188 valence electrons. The predicted octanol–water partition coefficient (Wildman–Crippen LogP) is 4.60. The Kier molecular flexibility index (Phi) is 12.0. The molecule has 33 heavy (non-hydrogen) atoms. The number of nitrogens with zero attached hydrogens (tertiary/aromatic N) is 3. The minimum absolute atomic E-state index is 0.383. The largest absolute Gasteiger partial charge is 0.386 e. The maximum Gasteiger partial charge on any atom is 0.222 e. The molecule has 0 aromatic carbocycles. The lowest BCUT2D eigenvalue weighted by Gasteiger charge is -2.34. The lowest BCUT2D eigenvalue weighted by Crippen LogP contribution is -2.42. The minimum atomic E-state index is 0.383. The van der Waals surface area contributed by atoms with Gasteiger partial charge in [0.1, 0.15) is 11.2 Å². The highest BCUT2D eigenvalue weighted by atomic mass is 16.2. The van der Waals surface area contributed by atoms with Gasteiger partial charge in [-0.3, -0.25) is 4.79 Å². The maximum atomic E-state index is 13.0. The summed E-state index contributed by atoms with van der Waals surface area (Å²) in [5.74, 6) is 3.32. The Balaban J connectivity index is 0.00000187. The molecular weight excluding hydrogens is 408 g/mol. The first kappa shape index (κ1) is 27.5. The number of likely N-dealkylation sites (tertiary alicyclic amines) is 1.